The van der Waals surface area contributed by atoms with Gasteiger partial charge in [0.25, 0.3) is 0 Å². The minimum Gasteiger partial charge on any atom is -0.508 e. The third kappa shape index (κ3) is 2.08. The van der Waals surface area contributed by atoms with Crippen molar-refractivity contribution in [2.75, 3.05) is 6.54 Å². The summed E-state index contributed by atoms with van der Waals surface area (Å²) in [7, 11) is 0. The Labute approximate surface area is 77.7 Å². The van der Waals surface area contributed by atoms with Gasteiger partial charge in [-0.2, -0.15) is 0 Å². The smallest absolute Gasteiger partial charge is 0.120 e. The van der Waals surface area contributed by atoms with Crippen molar-refractivity contribution in [1.82, 2.24) is 0 Å². The van der Waals surface area contributed by atoms with Crippen LogP contribution in [0.4, 0.5) is 0 Å². The molecule has 1 rings (SSSR count). The molecule has 0 bridgehead atoms. The van der Waals surface area contributed by atoms with Crippen LogP contribution in [0.3, 0.4) is 0 Å². The Bertz CT molecular complexity index is 310. The van der Waals surface area contributed by atoms with Crippen LogP contribution < -0.4 is 11.5 Å². The molecule has 70 valence electrons. The zero-order valence-corrected chi connectivity index (χ0v) is 7.40. The topological polar surface area (TPSA) is 72.3 Å². The van der Waals surface area contributed by atoms with Crippen LogP contribution in [0.5, 0.6) is 5.75 Å². The first-order chi connectivity index (χ1) is 6.19. The second-order valence-electron chi connectivity index (χ2n) is 2.86. The highest BCUT2D eigenvalue weighted by molar-refractivity contribution is 5.52. The van der Waals surface area contributed by atoms with Gasteiger partial charge in [-0.1, -0.05) is 18.7 Å². The van der Waals surface area contributed by atoms with E-state index in [0.717, 1.165) is 5.56 Å². The zero-order valence-electron chi connectivity index (χ0n) is 7.40. The van der Waals surface area contributed by atoms with E-state index >= 15 is 0 Å². The molecule has 0 fully saturated rings. The largest absolute Gasteiger partial charge is 0.508 e. The van der Waals surface area contributed by atoms with Gasteiger partial charge in [-0.3, -0.25) is 0 Å². The van der Waals surface area contributed by atoms with E-state index in [0.29, 0.717) is 12.1 Å². The lowest BCUT2D eigenvalue weighted by Crippen LogP contribution is -2.20. The van der Waals surface area contributed by atoms with Crippen LogP contribution in [0.25, 0.3) is 6.08 Å². The molecule has 0 amide bonds. The molecule has 0 spiro atoms. The molecule has 0 heterocycles. The lowest BCUT2D eigenvalue weighted by molar-refractivity contribution is 0.462. The molecule has 1 aromatic carbocycles. The van der Waals surface area contributed by atoms with Gasteiger partial charge in [-0.25, -0.2) is 0 Å². The van der Waals surface area contributed by atoms with Gasteiger partial charge in [0.15, 0.2) is 0 Å². The zero-order chi connectivity index (χ0) is 9.84. The average molecular weight is 178 g/mol. The van der Waals surface area contributed by atoms with E-state index in [4.69, 9.17) is 11.5 Å². The van der Waals surface area contributed by atoms with Gasteiger partial charge in [0.1, 0.15) is 5.75 Å². The van der Waals surface area contributed by atoms with Crippen LogP contribution in [-0.4, -0.2) is 11.7 Å². The number of hydrogen-bond acceptors (Lipinski definition) is 3. The lowest BCUT2D eigenvalue weighted by atomic mass is 10.0. The number of nitrogens with two attached hydrogens (primary N) is 2. The second kappa shape index (κ2) is 4.07. The van der Waals surface area contributed by atoms with Crippen LogP contribution in [0, 0.1) is 0 Å². The van der Waals surface area contributed by atoms with Crippen molar-refractivity contribution in [3.63, 3.8) is 0 Å². The molecule has 0 saturated heterocycles. The Morgan fingerprint density at radius 2 is 2.23 bits per heavy atom. The standard InChI is InChI=1S/C10H14N2O/c1-2-7-3-4-10(13)8(5-7)9(12)6-11/h2-5,9,13H,1,6,11-12H2/t9-/m1/s1. The molecule has 0 aliphatic rings. The van der Waals surface area contributed by atoms with Crippen molar-refractivity contribution in [2.24, 2.45) is 11.5 Å². The normalized spacial score (nSPS) is 12.5. The average Bonchev–Trinajstić information content (AvgIpc) is 2.17. The quantitative estimate of drug-likeness (QED) is 0.646. The van der Waals surface area contributed by atoms with Crippen molar-refractivity contribution in [2.45, 2.75) is 6.04 Å². The van der Waals surface area contributed by atoms with Gasteiger partial charge in [0, 0.05) is 18.2 Å². The molecule has 1 aromatic rings. The summed E-state index contributed by atoms with van der Waals surface area (Å²) >= 11 is 0. The summed E-state index contributed by atoms with van der Waals surface area (Å²) in [5.41, 5.74) is 12.7. The van der Waals surface area contributed by atoms with Crippen LogP contribution in [-0.2, 0) is 0 Å². The highest BCUT2D eigenvalue weighted by Gasteiger charge is 2.08. The van der Waals surface area contributed by atoms with Gasteiger partial charge >= 0.3 is 0 Å². The third-order valence-electron chi connectivity index (χ3n) is 1.94. The molecule has 0 aliphatic heterocycles. The second-order valence-corrected chi connectivity index (χ2v) is 2.86. The maximum absolute atomic E-state index is 9.46. The van der Waals surface area contributed by atoms with E-state index in [1.165, 1.54) is 0 Å². The number of benzene rings is 1. The molecule has 3 nitrogen and oxygen atoms in total. The molecule has 0 unspecified atom stereocenters. The minimum atomic E-state index is -0.320. The lowest BCUT2D eigenvalue weighted by Gasteiger charge is -2.11. The van der Waals surface area contributed by atoms with E-state index in [2.05, 4.69) is 6.58 Å². The summed E-state index contributed by atoms with van der Waals surface area (Å²) in [6.07, 6.45) is 1.70. The number of phenolic OH excluding ortho intramolecular Hbond substituents is 1. The van der Waals surface area contributed by atoms with Gasteiger partial charge < -0.3 is 16.6 Å². The maximum atomic E-state index is 9.46. The Morgan fingerprint density at radius 1 is 1.54 bits per heavy atom. The fourth-order valence-electron chi connectivity index (χ4n) is 1.12. The van der Waals surface area contributed by atoms with Crippen molar-refractivity contribution >= 4 is 6.08 Å². The predicted octanol–water partition coefficient (Wildman–Crippen LogP) is 0.994. The first-order valence-corrected chi connectivity index (χ1v) is 4.10. The summed E-state index contributed by atoms with van der Waals surface area (Å²) in [4.78, 5) is 0. The van der Waals surface area contributed by atoms with Gasteiger partial charge in [0.05, 0.1) is 0 Å². The van der Waals surface area contributed by atoms with E-state index < -0.39 is 0 Å². The molecule has 0 aliphatic carbocycles. The number of phenols is 1. The van der Waals surface area contributed by atoms with Crippen LogP contribution in [0.1, 0.15) is 17.2 Å². The van der Waals surface area contributed by atoms with E-state index in [-0.39, 0.29) is 11.8 Å². The van der Waals surface area contributed by atoms with E-state index in [9.17, 15) is 5.11 Å². The molecule has 5 N–H and O–H groups in total. The maximum Gasteiger partial charge on any atom is 0.120 e. The fraction of sp³-hybridized carbons (Fsp3) is 0.200. The van der Waals surface area contributed by atoms with E-state index in [1.807, 2.05) is 0 Å². The summed E-state index contributed by atoms with van der Waals surface area (Å²) in [6, 6.07) is 4.84. The Morgan fingerprint density at radius 3 is 2.77 bits per heavy atom. The molecule has 0 saturated carbocycles. The summed E-state index contributed by atoms with van der Waals surface area (Å²) in [5, 5.41) is 9.46. The first-order valence-electron chi connectivity index (χ1n) is 4.10. The molecular weight excluding hydrogens is 164 g/mol. The highest BCUT2D eigenvalue weighted by Crippen LogP contribution is 2.23. The van der Waals surface area contributed by atoms with Crippen molar-refractivity contribution < 1.29 is 5.11 Å². The predicted molar refractivity (Wildman–Crippen MR) is 54.2 cm³/mol. The van der Waals surface area contributed by atoms with Gasteiger partial charge in [-0.05, 0) is 17.7 Å². The fourth-order valence-corrected chi connectivity index (χ4v) is 1.12. The van der Waals surface area contributed by atoms with Gasteiger partial charge in [0.2, 0.25) is 0 Å². The van der Waals surface area contributed by atoms with Gasteiger partial charge in [-0.15, -0.1) is 0 Å². The summed E-state index contributed by atoms with van der Waals surface area (Å²) in [5.74, 6) is 0.184. The molecular formula is C10H14N2O. The van der Waals surface area contributed by atoms with Crippen molar-refractivity contribution in [3.05, 3.63) is 35.9 Å². The first kappa shape index (κ1) is 9.77. The summed E-state index contributed by atoms with van der Waals surface area (Å²) in [6.45, 7) is 3.95. The molecule has 1 atom stereocenters. The van der Waals surface area contributed by atoms with Crippen LogP contribution in [0.15, 0.2) is 24.8 Å². The molecule has 3 heteroatoms. The van der Waals surface area contributed by atoms with Crippen LogP contribution in [0.2, 0.25) is 0 Å². The van der Waals surface area contributed by atoms with Crippen LogP contribution >= 0.6 is 0 Å². The Kier molecular flexibility index (Phi) is 3.06. The Hall–Kier alpha value is -1.32. The molecule has 0 aromatic heterocycles. The highest BCUT2D eigenvalue weighted by atomic mass is 16.3. The van der Waals surface area contributed by atoms with E-state index in [1.54, 1.807) is 24.3 Å². The number of hydrogen-bond donors (Lipinski definition) is 3. The third-order valence-corrected chi connectivity index (χ3v) is 1.94. The molecule has 13 heavy (non-hydrogen) atoms. The SMILES string of the molecule is C=Cc1ccc(O)c([C@H](N)CN)c1. The Balaban J connectivity index is 3.10. The summed E-state index contributed by atoms with van der Waals surface area (Å²) < 4.78 is 0. The molecule has 0 radical (unpaired) electrons. The van der Waals surface area contributed by atoms with Crippen molar-refractivity contribution in [3.8, 4) is 5.75 Å². The number of aromatic hydroxyl groups is 1. The monoisotopic (exact) mass is 178 g/mol. The minimum absolute atomic E-state index is 0.184. The van der Waals surface area contributed by atoms with Crippen molar-refractivity contribution in [1.29, 1.82) is 0 Å². The number of rotatable bonds is 3.